The summed E-state index contributed by atoms with van der Waals surface area (Å²) in [4.78, 5) is 65.5. The lowest BCUT2D eigenvalue weighted by molar-refractivity contribution is -0.125. The number of carbonyl (C=O) groups is 5. The molecule has 9 nitrogen and oxygen atoms in total. The number of phenolic OH excluding ortho intramolecular Hbond substituents is 1. The number of alkyl halides is 2. The lowest BCUT2D eigenvalue weighted by Crippen LogP contribution is -2.60. The van der Waals surface area contributed by atoms with Gasteiger partial charge in [0, 0.05) is 17.0 Å². The van der Waals surface area contributed by atoms with Crippen LogP contribution in [0.1, 0.15) is 40.2 Å². The van der Waals surface area contributed by atoms with Gasteiger partial charge in [0.1, 0.15) is 5.69 Å². The van der Waals surface area contributed by atoms with Crippen LogP contribution in [-0.2, 0) is 19.2 Å². The van der Waals surface area contributed by atoms with Crippen molar-refractivity contribution in [2.45, 2.75) is 28.5 Å². The molecule has 4 aromatic carbocycles. The first kappa shape index (κ1) is 37.3. The molecule has 4 amide bonds. The molecule has 1 N–H and O–H groups in total. The van der Waals surface area contributed by atoms with Crippen LogP contribution in [0.15, 0.2) is 84.4 Å². The van der Waals surface area contributed by atoms with Crippen LogP contribution in [0.3, 0.4) is 0 Å². The number of nitrogens with zero attached hydrogens (tertiary/aromatic N) is 2. The molecule has 3 fully saturated rings. The molecule has 2 heterocycles. The van der Waals surface area contributed by atoms with Crippen molar-refractivity contribution in [1.82, 2.24) is 0 Å². The molecule has 16 heteroatoms. The summed E-state index contributed by atoms with van der Waals surface area (Å²) in [5, 5.41) is 10.4. The second kappa shape index (κ2) is 13.0. The number of allylic oxidation sites excluding steroid dienone is 2. The first-order valence-corrected chi connectivity index (χ1v) is 17.8. The van der Waals surface area contributed by atoms with Crippen LogP contribution in [-0.4, -0.2) is 51.4 Å². The highest BCUT2D eigenvalue weighted by Gasteiger charge is 2.77. The largest absolute Gasteiger partial charge is 0.504 e. The number of methoxy groups -OCH3 is 1. The number of anilines is 2. The highest BCUT2D eigenvalue weighted by Crippen LogP contribution is 2.66. The number of ether oxygens (including phenoxy) is 1. The number of amides is 4. The molecule has 0 bridgehead atoms. The fourth-order valence-electron chi connectivity index (χ4n) is 8.59. The van der Waals surface area contributed by atoms with Gasteiger partial charge in [-0.2, -0.15) is 0 Å². The van der Waals surface area contributed by atoms with Gasteiger partial charge in [0.25, 0.3) is 11.8 Å². The Morgan fingerprint density at radius 1 is 0.768 bits per heavy atom. The fraction of sp³-hybridized carbons (Fsp3) is 0.225. The van der Waals surface area contributed by atoms with E-state index >= 15 is 8.78 Å². The molecule has 4 aliphatic rings. The van der Waals surface area contributed by atoms with Crippen molar-refractivity contribution in [3.63, 3.8) is 0 Å². The van der Waals surface area contributed by atoms with Gasteiger partial charge in [0.05, 0.1) is 24.6 Å². The zero-order chi connectivity index (χ0) is 40.2. The lowest BCUT2D eigenvalue weighted by Gasteiger charge is -2.50. The molecular formula is C40H25Cl2F5N2O7. The number of halogens is 7. The number of hydrogen-bond donors (Lipinski definition) is 1. The molecule has 2 aliphatic heterocycles. The van der Waals surface area contributed by atoms with E-state index < -0.39 is 98.2 Å². The van der Waals surface area contributed by atoms with Gasteiger partial charge in [0.2, 0.25) is 17.6 Å². The van der Waals surface area contributed by atoms with E-state index in [0.29, 0.717) is 5.56 Å². The molecule has 0 radical (unpaired) electrons. The number of carbonyl (C=O) groups excluding carboxylic acids is 5. The minimum atomic E-state index is -2.74. The van der Waals surface area contributed by atoms with Gasteiger partial charge in [0.15, 0.2) is 50.3 Å². The van der Waals surface area contributed by atoms with Crippen LogP contribution in [0.4, 0.5) is 33.3 Å². The lowest BCUT2D eigenvalue weighted by atomic mass is 9.56. The summed E-state index contributed by atoms with van der Waals surface area (Å²) in [5.74, 6) is -22.8. The van der Waals surface area contributed by atoms with E-state index in [1.807, 2.05) is 0 Å². The molecule has 0 aromatic heterocycles. The average molecular weight is 812 g/mol. The highest BCUT2D eigenvalue weighted by molar-refractivity contribution is 6.58. The maximum Gasteiger partial charge on any atom is 0.258 e. The van der Waals surface area contributed by atoms with Crippen LogP contribution in [0.25, 0.3) is 0 Å². The Morgan fingerprint density at radius 3 is 2.00 bits per heavy atom. The van der Waals surface area contributed by atoms with E-state index in [-0.39, 0.29) is 51.0 Å². The Labute approximate surface area is 323 Å². The van der Waals surface area contributed by atoms with Crippen molar-refractivity contribution in [3.05, 3.63) is 130 Å². The number of benzene rings is 4. The molecule has 56 heavy (non-hydrogen) atoms. The maximum absolute atomic E-state index is 15.3. The van der Waals surface area contributed by atoms with E-state index in [2.05, 4.69) is 0 Å². The summed E-state index contributed by atoms with van der Waals surface area (Å²) in [5.41, 5.74) is -0.784. The van der Waals surface area contributed by atoms with E-state index in [1.54, 1.807) is 36.4 Å². The molecular weight excluding hydrogens is 786 g/mol. The molecule has 2 aliphatic carbocycles. The van der Waals surface area contributed by atoms with Crippen molar-refractivity contribution in [3.8, 4) is 11.5 Å². The zero-order valence-electron chi connectivity index (χ0n) is 28.7. The van der Waals surface area contributed by atoms with Crippen LogP contribution in [0, 0.1) is 46.8 Å². The second-order valence-electron chi connectivity index (χ2n) is 13.9. The number of fused-ring (bicyclic) bond motifs is 4. The van der Waals surface area contributed by atoms with Crippen molar-refractivity contribution < 1.29 is 55.8 Å². The van der Waals surface area contributed by atoms with Crippen LogP contribution in [0.2, 0.25) is 0 Å². The van der Waals surface area contributed by atoms with Crippen LogP contribution in [0.5, 0.6) is 11.5 Å². The normalized spacial score (nSPS) is 26.9. The summed E-state index contributed by atoms with van der Waals surface area (Å²) < 4.78 is 79.0. The minimum absolute atomic E-state index is 0.0572. The molecule has 1 saturated carbocycles. The quantitative estimate of drug-likeness (QED) is 0.0420. The second-order valence-corrected chi connectivity index (χ2v) is 15.1. The first-order valence-electron chi connectivity index (χ1n) is 17.0. The predicted octanol–water partition coefficient (Wildman–Crippen LogP) is 7.10. The first-order chi connectivity index (χ1) is 26.6. The SMILES string of the molecule is COc1cc(C2C3=CCC4C(=O)N(c5ccc(C(=O)c6ccccc6)cc5)C(=O)C4C3CC3(Cl)C(=O)N(c4c(F)c(F)c(F)c(F)c4F)C(=O)C23Cl)ccc1O. The number of phenols is 1. The summed E-state index contributed by atoms with van der Waals surface area (Å²) in [6.45, 7) is 0. The molecule has 6 atom stereocenters. The number of ketones is 1. The van der Waals surface area contributed by atoms with Crippen molar-refractivity contribution in [2.24, 2.45) is 17.8 Å². The Kier molecular flexibility index (Phi) is 8.66. The maximum atomic E-state index is 15.3. The van der Waals surface area contributed by atoms with Gasteiger partial charge in [-0.05, 0) is 60.7 Å². The molecule has 8 rings (SSSR count). The highest BCUT2D eigenvalue weighted by atomic mass is 35.5. The fourth-order valence-corrected chi connectivity index (χ4v) is 9.52. The number of aromatic hydroxyl groups is 1. The summed E-state index contributed by atoms with van der Waals surface area (Å²) >= 11 is 14.3. The minimum Gasteiger partial charge on any atom is -0.504 e. The summed E-state index contributed by atoms with van der Waals surface area (Å²) in [7, 11) is 1.21. The summed E-state index contributed by atoms with van der Waals surface area (Å²) in [6, 6.07) is 17.9. The molecule has 2 saturated heterocycles. The van der Waals surface area contributed by atoms with E-state index in [0.717, 1.165) is 4.90 Å². The summed E-state index contributed by atoms with van der Waals surface area (Å²) in [6.07, 6.45) is 0.774. The topological polar surface area (TPSA) is 121 Å². The van der Waals surface area contributed by atoms with Gasteiger partial charge >= 0.3 is 0 Å². The Bertz CT molecular complexity index is 2440. The number of hydrogen-bond acceptors (Lipinski definition) is 7. The third-order valence-electron chi connectivity index (χ3n) is 11.2. The van der Waals surface area contributed by atoms with Crippen molar-refractivity contribution in [1.29, 1.82) is 0 Å². The Hall–Kier alpha value is -5.60. The molecule has 6 unspecified atom stereocenters. The predicted molar refractivity (Wildman–Crippen MR) is 190 cm³/mol. The van der Waals surface area contributed by atoms with E-state index in [9.17, 15) is 42.3 Å². The van der Waals surface area contributed by atoms with Gasteiger partial charge < -0.3 is 9.84 Å². The van der Waals surface area contributed by atoms with E-state index in [1.165, 1.54) is 49.6 Å². The van der Waals surface area contributed by atoms with Crippen LogP contribution >= 0.6 is 23.2 Å². The average Bonchev–Trinajstić information content (AvgIpc) is 3.54. The van der Waals surface area contributed by atoms with Gasteiger partial charge in [-0.3, -0.25) is 28.9 Å². The van der Waals surface area contributed by atoms with Crippen LogP contribution < -0.4 is 14.5 Å². The molecule has 286 valence electrons. The van der Waals surface area contributed by atoms with Crippen molar-refractivity contribution in [2.75, 3.05) is 16.9 Å². The molecule has 4 aromatic rings. The molecule has 0 spiro atoms. The third kappa shape index (κ3) is 4.94. The number of rotatable bonds is 6. The van der Waals surface area contributed by atoms with Gasteiger partial charge in [-0.25, -0.2) is 26.9 Å². The van der Waals surface area contributed by atoms with Gasteiger partial charge in [-0.15, -0.1) is 23.2 Å². The monoisotopic (exact) mass is 810 g/mol. The van der Waals surface area contributed by atoms with Gasteiger partial charge in [-0.1, -0.05) is 48.0 Å². The third-order valence-corrected chi connectivity index (χ3v) is 12.6. The Balaban J connectivity index is 1.24. The standard InChI is InChI=1S/C40H25Cl2F5N2O7/c1-56-25-15-19(9-14-24(25)50)27-21-12-13-22-26(36(53)48(35(22)52)20-10-7-18(8-11-20)34(51)17-5-3-2-4-6-17)23(21)16-39(41)37(54)49(38(55)40(27,39)42)33-31(46)29(44)28(43)30(45)32(33)47/h2-12,14-15,22-23,26-27,50H,13,16H2,1H3. The number of imide groups is 2. The zero-order valence-corrected chi connectivity index (χ0v) is 30.2. The van der Waals surface area contributed by atoms with E-state index in [4.69, 9.17) is 27.9 Å². The van der Waals surface area contributed by atoms with Crippen molar-refractivity contribution >= 4 is 64.0 Å². The smallest absolute Gasteiger partial charge is 0.258 e. The Morgan fingerprint density at radius 2 is 1.38 bits per heavy atom.